The van der Waals surface area contributed by atoms with E-state index in [0.29, 0.717) is 37.4 Å². The van der Waals surface area contributed by atoms with E-state index in [0.717, 1.165) is 11.8 Å². The van der Waals surface area contributed by atoms with Gasteiger partial charge in [0.05, 0.1) is 18.2 Å². The van der Waals surface area contributed by atoms with Gasteiger partial charge in [0, 0.05) is 31.7 Å². The van der Waals surface area contributed by atoms with Crippen molar-refractivity contribution in [1.29, 1.82) is 0 Å². The van der Waals surface area contributed by atoms with Crippen molar-refractivity contribution in [3.8, 4) is 11.5 Å². The highest BCUT2D eigenvalue weighted by molar-refractivity contribution is 9.10. The summed E-state index contributed by atoms with van der Waals surface area (Å²) in [6.45, 7) is 0.236. The molecule has 3 aromatic rings. The van der Waals surface area contributed by atoms with E-state index in [1.807, 2.05) is 0 Å². The summed E-state index contributed by atoms with van der Waals surface area (Å²) in [4.78, 5) is 14.1. The molecular formula is C20H15BrCl2N4O4. The number of methoxy groups -OCH3 is 1. The summed E-state index contributed by atoms with van der Waals surface area (Å²) in [5.41, 5.74) is 4.11. The Morgan fingerprint density at radius 1 is 1.23 bits per heavy atom. The lowest BCUT2D eigenvalue weighted by atomic mass is 10.2. The lowest BCUT2D eigenvalue weighted by Gasteiger charge is -2.13. The van der Waals surface area contributed by atoms with E-state index in [4.69, 9.17) is 32.7 Å². The fourth-order valence-electron chi connectivity index (χ4n) is 2.44. The number of halogens is 3. The minimum atomic E-state index is -0.520. The van der Waals surface area contributed by atoms with Gasteiger partial charge in [-0.15, -0.1) is 0 Å². The fraction of sp³-hybridized carbons (Fsp3) is 0.100. The van der Waals surface area contributed by atoms with Crippen molar-refractivity contribution < 1.29 is 14.4 Å². The van der Waals surface area contributed by atoms with Gasteiger partial charge in [-0.05, 0) is 46.3 Å². The highest BCUT2D eigenvalue weighted by Gasteiger charge is 2.11. The molecule has 0 aliphatic carbocycles. The van der Waals surface area contributed by atoms with Gasteiger partial charge in [-0.3, -0.25) is 15.5 Å². The molecule has 160 valence electrons. The van der Waals surface area contributed by atoms with Crippen molar-refractivity contribution in [2.45, 2.75) is 6.61 Å². The van der Waals surface area contributed by atoms with Crippen molar-refractivity contribution in [2.75, 3.05) is 12.5 Å². The van der Waals surface area contributed by atoms with Crippen LogP contribution in [0.3, 0.4) is 0 Å². The second-order valence-corrected chi connectivity index (χ2v) is 7.78. The van der Waals surface area contributed by atoms with Gasteiger partial charge in [0.2, 0.25) is 0 Å². The SMILES string of the molecule is COc1cc(/C=N/Nc2ccc([N+](=O)[O-])cn2)c(Br)cc1OCc1ccc(Cl)cc1Cl. The van der Waals surface area contributed by atoms with Crippen LogP contribution < -0.4 is 14.9 Å². The number of aromatic nitrogens is 1. The van der Waals surface area contributed by atoms with E-state index in [2.05, 4.69) is 31.4 Å². The summed E-state index contributed by atoms with van der Waals surface area (Å²) in [5.74, 6) is 1.38. The summed E-state index contributed by atoms with van der Waals surface area (Å²) in [6, 6.07) is 11.5. The molecule has 0 aliphatic heterocycles. The highest BCUT2D eigenvalue weighted by Crippen LogP contribution is 2.34. The van der Waals surface area contributed by atoms with Crippen molar-refractivity contribution in [2.24, 2.45) is 5.10 Å². The first-order valence-corrected chi connectivity index (χ1v) is 10.3. The van der Waals surface area contributed by atoms with Crippen LogP contribution in [0.15, 0.2) is 58.2 Å². The molecule has 31 heavy (non-hydrogen) atoms. The van der Waals surface area contributed by atoms with Gasteiger partial charge in [-0.2, -0.15) is 5.10 Å². The second-order valence-electron chi connectivity index (χ2n) is 6.08. The predicted molar refractivity (Wildman–Crippen MR) is 124 cm³/mol. The van der Waals surface area contributed by atoms with E-state index >= 15 is 0 Å². The van der Waals surface area contributed by atoms with Crippen LogP contribution in [0.4, 0.5) is 11.5 Å². The first-order valence-electron chi connectivity index (χ1n) is 8.71. The Balaban J connectivity index is 1.70. The van der Waals surface area contributed by atoms with E-state index in [1.54, 1.807) is 36.5 Å². The number of hydrazone groups is 1. The third-order valence-electron chi connectivity index (χ3n) is 4.02. The number of nitro groups is 1. The molecule has 3 rings (SSSR count). The Hall–Kier alpha value is -2.88. The molecule has 0 fully saturated rings. The number of hydrogen-bond acceptors (Lipinski definition) is 7. The number of anilines is 1. The molecule has 0 radical (unpaired) electrons. The maximum absolute atomic E-state index is 10.7. The minimum absolute atomic E-state index is 0.0995. The van der Waals surface area contributed by atoms with E-state index in [-0.39, 0.29) is 12.3 Å². The summed E-state index contributed by atoms with van der Waals surface area (Å²) in [7, 11) is 1.53. The zero-order valence-electron chi connectivity index (χ0n) is 16.0. The molecule has 0 atom stereocenters. The highest BCUT2D eigenvalue weighted by atomic mass is 79.9. The van der Waals surface area contributed by atoms with Crippen LogP contribution in [0.2, 0.25) is 10.0 Å². The second kappa shape index (κ2) is 10.4. The summed E-state index contributed by atoms with van der Waals surface area (Å²) >= 11 is 15.6. The zero-order valence-corrected chi connectivity index (χ0v) is 19.1. The number of ether oxygens (including phenoxy) is 2. The number of nitrogens with zero attached hydrogens (tertiary/aromatic N) is 3. The van der Waals surface area contributed by atoms with Gasteiger partial charge in [0.1, 0.15) is 18.6 Å². The molecule has 0 amide bonds. The van der Waals surface area contributed by atoms with Gasteiger partial charge in [-0.25, -0.2) is 4.98 Å². The fourth-order valence-corrected chi connectivity index (χ4v) is 3.33. The van der Waals surface area contributed by atoms with E-state index < -0.39 is 4.92 Å². The lowest BCUT2D eigenvalue weighted by molar-refractivity contribution is -0.385. The summed E-state index contributed by atoms with van der Waals surface area (Å²) in [6.07, 6.45) is 2.70. The number of benzene rings is 2. The van der Waals surface area contributed by atoms with Crippen molar-refractivity contribution in [3.05, 3.63) is 84.4 Å². The van der Waals surface area contributed by atoms with Crippen LogP contribution in [0.5, 0.6) is 11.5 Å². The van der Waals surface area contributed by atoms with Crippen LogP contribution >= 0.6 is 39.1 Å². The third kappa shape index (κ3) is 6.06. The lowest BCUT2D eigenvalue weighted by Crippen LogP contribution is -2.00. The molecule has 8 nitrogen and oxygen atoms in total. The van der Waals surface area contributed by atoms with Crippen LogP contribution in [0, 0.1) is 10.1 Å². The minimum Gasteiger partial charge on any atom is -0.493 e. The predicted octanol–water partition coefficient (Wildman–Crippen LogP) is 6.09. The molecule has 0 unspecified atom stereocenters. The molecule has 1 aromatic heterocycles. The Morgan fingerprint density at radius 2 is 2.03 bits per heavy atom. The Bertz CT molecular complexity index is 1130. The number of nitrogens with one attached hydrogen (secondary N) is 1. The molecule has 11 heteroatoms. The number of rotatable bonds is 8. The average Bonchev–Trinajstić information content (AvgIpc) is 2.74. The van der Waals surface area contributed by atoms with Crippen LogP contribution in [0.1, 0.15) is 11.1 Å². The van der Waals surface area contributed by atoms with Crippen molar-refractivity contribution in [1.82, 2.24) is 4.98 Å². The van der Waals surface area contributed by atoms with Crippen LogP contribution in [-0.4, -0.2) is 23.2 Å². The van der Waals surface area contributed by atoms with E-state index in [1.165, 1.54) is 19.2 Å². The number of pyridine rings is 1. The maximum Gasteiger partial charge on any atom is 0.287 e. The molecule has 0 spiro atoms. The third-order valence-corrected chi connectivity index (χ3v) is 5.30. The molecule has 0 bridgehead atoms. The Labute approximate surface area is 196 Å². The molecule has 2 aromatic carbocycles. The zero-order chi connectivity index (χ0) is 22.4. The topological polar surface area (TPSA) is 98.9 Å². The largest absolute Gasteiger partial charge is 0.493 e. The van der Waals surface area contributed by atoms with Gasteiger partial charge < -0.3 is 9.47 Å². The van der Waals surface area contributed by atoms with Gasteiger partial charge in [0.25, 0.3) is 5.69 Å². The Morgan fingerprint density at radius 3 is 2.68 bits per heavy atom. The first-order chi connectivity index (χ1) is 14.9. The first kappa shape index (κ1) is 22.8. The number of hydrogen-bond donors (Lipinski definition) is 1. The van der Waals surface area contributed by atoms with Crippen molar-refractivity contribution >= 4 is 56.9 Å². The van der Waals surface area contributed by atoms with Crippen LogP contribution in [0.25, 0.3) is 0 Å². The van der Waals surface area contributed by atoms with Gasteiger partial charge in [-0.1, -0.05) is 29.3 Å². The standard InChI is InChI=1S/C20H15BrCl2N4O4/c1-30-18-6-13(9-25-26-20-5-4-15(10-24-20)27(28)29)16(21)8-19(18)31-11-12-2-3-14(22)7-17(12)23/h2-10H,11H2,1H3,(H,24,26)/b25-9+. The van der Waals surface area contributed by atoms with Crippen LogP contribution in [-0.2, 0) is 6.61 Å². The van der Waals surface area contributed by atoms with Crippen molar-refractivity contribution in [3.63, 3.8) is 0 Å². The molecule has 0 aliphatic rings. The molecule has 0 saturated heterocycles. The quantitative estimate of drug-likeness (QED) is 0.217. The normalized spacial score (nSPS) is 10.8. The molecular weight excluding hydrogens is 511 g/mol. The average molecular weight is 526 g/mol. The summed E-state index contributed by atoms with van der Waals surface area (Å²) in [5, 5.41) is 15.8. The maximum atomic E-state index is 10.7. The molecule has 0 saturated carbocycles. The molecule has 1 heterocycles. The monoisotopic (exact) mass is 524 g/mol. The summed E-state index contributed by atoms with van der Waals surface area (Å²) < 4.78 is 12.0. The smallest absolute Gasteiger partial charge is 0.287 e. The van der Waals surface area contributed by atoms with Gasteiger partial charge >= 0.3 is 0 Å². The Kier molecular flexibility index (Phi) is 7.67. The van der Waals surface area contributed by atoms with E-state index in [9.17, 15) is 10.1 Å². The van der Waals surface area contributed by atoms with Gasteiger partial charge in [0.15, 0.2) is 11.5 Å². The molecule has 1 N–H and O–H groups in total.